The summed E-state index contributed by atoms with van der Waals surface area (Å²) >= 11 is 1.62. The van der Waals surface area contributed by atoms with Gasteiger partial charge in [0.25, 0.3) is 5.91 Å². The van der Waals surface area contributed by atoms with Crippen LogP contribution >= 0.6 is 11.3 Å². The van der Waals surface area contributed by atoms with Gasteiger partial charge in [0.15, 0.2) is 5.78 Å². The molecule has 4 rings (SSSR count). The minimum Gasteiger partial charge on any atom is -0.444 e. The van der Waals surface area contributed by atoms with Gasteiger partial charge in [0.1, 0.15) is 11.4 Å². The van der Waals surface area contributed by atoms with Crippen LogP contribution in [0.15, 0.2) is 53.9 Å². The lowest BCUT2D eigenvalue weighted by Crippen LogP contribution is -2.46. The van der Waals surface area contributed by atoms with Gasteiger partial charge in [-0.2, -0.15) is 0 Å². The number of nitrogen functional groups attached to an aromatic ring is 1. The number of anilines is 2. The highest BCUT2D eigenvalue weighted by Gasteiger charge is 2.26. The molecule has 0 fully saturated rings. The predicted molar refractivity (Wildman–Crippen MR) is 169 cm³/mol. The number of Topliss-reactive ketones (excluding diaryl/α,β-unsaturated/α-hetero) is 1. The third-order valence-corrected chi connectivity index (χ3v) is 7.72. The van der Waals surface area contributed by atoms with Gasteiger partial charge in [-0.1, -0.05) is 26.0 Å². The van der Waals surface area contributed by atoms with Crippen molar-refractivity contribution in [1.29, 1.82) is 0 Å². The standard InChI is InChI=1S/C32H39N5O4S/c1-19(2)29(36-31(40)41-32(4,5)6)27(38)9-7-15-37-20(3)34-25-18-22(12-14-26(25)37)30(39)35-24-17-21(11-13-23(24)33)28-10-8-16-42-28/h8,10-14,16-19,29H,7,9,15,33H2,1-6H3,(H,35,39)(H,36,40)/t29-/m1/s1. The van der Waals surface area contributed by atoms with Gasteiger partial charge in [-0.15, -0.1) is 11.3 Å². The van der Waals surface area contributed by atoms with Gasteiger partial charge in [-0.05, 0) is 87.4 Å². The maximum atomic E-state index is 13.1. The molecule has 0 saturated carbocycles. The van der Waals surface area contributed by atoms with Gasteiger partial charge in [-0.25, -0.2) is 9.78 Å². The number of hydrogen-bond acceptors (Lipinski definition) is 7. The summed E-state index contributed by atoms with van der Waals surface area (Å²) in [5, 5.41) is 7.67. The Bertz CT molecular complexity index is 1580. The molecule has 0 aliphatic carbocycles. The predicted octanol–water partition coefficient (Wildman–Crippen LogP) is 6.81. The molecular weight excluding hydrogens is 550 g/mol. The van der Waals surface area contributed by atoms with Crippen LogP contribution in [0.1, 0.15) is 63.6 Å². The Morgan fingerprint density at radius 1 is 1.10 bits per heavy atom. The number of thiophene rings is 1. The second-order valence-corrected chi connectivity index (χ2v) is 12.6. The first-order valence-electron chi connectivity index (χ1n) is 14.1. The van der Waals surface area contributed by atoms with Gasteiger partial charge in [0.2, 0.25) is 0 Å². The number of nitrogens with zero attached hydrogens (tertiary/aromatic N) is 2. The van der Waals surface area contributed by atoms with E-state index in [9.17, 15) is 14.4 Å². The van der Waals surface area contributed by atoms with E-state index in [-0.39, 0.29) is 17.6 Å². The van der Waals surface area contributed by atoms with E-state index in [4.69, 9.17) is 10.5 Å². The van der Waals surface area contributed by atoms with E-state index >= 15 is 0 Å². The number of alkyl carbamates (subject to hydrolysis) is 1. The minimum absolute atomic E-state index is 0.0423. The SMILES string of the molecule is Cc1nc2cc(C(=O)Nc3cc(-c4cccs4)ccc3N)ccc2n1CCCC(=O)[C@H](NC(=O)OC(C)(C)C)C(C)C. The van der Waals surface area contributed by atoms with Crippen molar-refractivity contribution in [3.05, 3.63) is 65.3 Å². The zero-order valence-electron chi connectivity index (χ0n) is 25.0. The van der Waals surface area contributed by atoms with Crippen molar-refractivity contribution in [3.8, 4) is 10.4 Å². The summed E-state index contributed by atoms with van der Waals surface area (Å²) < 4.78 is 7.37. The molecule has 9 nitrogen and oxygen atoms in total. The fourth-order valence-electron chi connectivity index (χ4n) is 4.75. The summed E-state index contributed by atoms with van der Waals surface area (Å²) in [4.78, 5) is 44.2. The number of benzene rings is 2. The molecule has 2 amide bonds. The van der Waals surface area contributed by atoms with Crippen molar-refractivity contribution in [3.63, 3.8) is 0 Å². The molecule has 0 radical (unpaired) electrons. The molecular formula is C32H39N5O4S. The average Bonchev–Trinajstić information content (AvgIpc) is 3.55. The average molecular weight is 590 g/mol. The Kier molecular flexibility index (Phi) is 9.36. The molecule has 0 aliphatic rings. The van der Waals surface area contributed by atoms with Crippen molar-refractivity contribution >= 4 is 51.5 Å². The number of ether oxygens (including phenoxy) is 1. The Morgan fingerprint density at radius 3 is 2.52 bits per heavy atom. The fourth-order valence-corrected chi connectivity index (χ4v) is 5.47. The zero-order valence-corrected chi connectivity index (χ0v) is 25.8. The quantitative estimate of drug-likeness (QED) is 0.174. The van der Waals surface area contributed by atoms with Crippen LogP contribution in [0.4, 0.5) is 16.2 Å². The molecule has 4 N–H and O–H groups in total. The van der Waals surface area contributed by atoms with Gasteiger partial charge in [-0.3, -0.25) is 9.59 Å². The van der Waals surface area contributed by atoms with E-state index in [1.54, 1.807) is 50.3 Å². The molecule has 1 atom stereocenters. The molecule has 42 heavy (non-hydrogen) atoms. The van der Waals surface area contributed by atoms with E-state index < -0.39 is 17.7 Å². The molecule has 2 heterocycles. The minimum atomic E-state index is -0.641. The van der Waals surface area contributed by atoms with E-state index in [0.29, 0.717) is 41.8 Å². The van der Waals surface area contributed by atoms with Gasteiger partial charge in [0, 0.05) is 23.4 Å². The summed E-state index contributed by atoms with van der Waals surface area (Å²) in [5.74, 6) is 0.398. The van der Waals surface area contributed by atoms with Crippen molar-refractivity contribution in [1.82, 2.24) is 14.9 Å². The van der Waals surface area contributed by atoms with Crippen LogP contribution in [0.25, 0.3) is 21.5 Å². The topological polar surface area (TPSA) is 128 Å². The maximum absolute atomic E-state index is 13.1. The van der Waals surface area contributed by atoms with Gasteiger partial charge >= 0.3 is 6.09 Å². The number of carbonyl (C=O) groups excluding carboxylic acids is 3. The van der Waals surface area contributed by atoms with Crippen LogP contribution < -0.4 is 16.4 Å². The van der Waals surface area contributed by atoms with Crippen LogP contribution in [0.2, 0.25) is 0 Å². The van der Waals surface area contributed by atoms with Crippen molar-refractivity contribution in [2.24, 2.45) is 5.92 Å². The number of nitrogens with one attached hydrogen (secondary N) is 2. The fraction of sp³-hybridized carbons (Fsp3) is 0.375. The summed E-state index contributed by atoms with van der Waals surface area (Å²) in [6.45, 7) is 11.6. The Morgan fingerprint density at radius 2 is 1.86 bits per heavy atom. The highest BCUT2D eigenvalue weighted by atomic mass is 32.1. The van der Waals surface area contributed by atoms with E-state index in [1.165, 1.54) is 0 Å². The second kappa shape index (κ2) is 12.8. The number of nitrogens with two attached hydrogens (primary N) is 1. The number of hydrogen-bond donors (Lipinski definition) is 3. The van der Waals surface area contributed by atoms with Crippen LogP contribution in [-0.2, 0) is 16.1 Å². The third kappa shape index (κ3) is 7.55. The lowest BCUT2D eigenvalue weighted by molar-refractivity contribution is -0.122. The van der Waals surface area contributed by atoms with Crippen molar-refractivity contribution in [2.75, 3.05) is 11.1 Å². The van der Waals surface area contributed by atoms with E-state index in [2.05, 4.69) is 15.6 Å². The number of ketones is 1. The largest absolute Gasteiger partial charge is 0.444 e. The molecule has 0 saturated heterocycles. The monoisotopic (exact) mass is 589 g/mol. The Labute approximate surface area is 250 Å². The molecule has 222 valence electrons. The summed E-state index contributed by atoms with van der Waals surface area (Å²) in [5.41, 5.74) is 9.58. The van der Waals surface area contributed by atoms with Crippen molar-refractivity contribution < 1.29 is 19.1 Å². The number of carbonyl (C=O) groups is 3. The highest BCUT2D eigenvalue weighted by Crippen LogP contribution is 2.30. The smallest absolute Gasteiger partial charge is 0.408 e. The first-order chi connectivity index (χ1) is 19.8. The van der Waals surface area contributed by atoms with Crippen LogP contribution in [-0.4, -0.2) is 39.0 Å². The summed E-state index contributed by atoms with van der Waals surface area (Å²) in [6.07, 6.45) is 0.278. The number of rotatable bonds is 10. The Balaban J connectivity index is 1.41. The zero-order chi connectivity index (χ0) is 30.6. The maximum Gasteiger partial charge on any atom is 0.408 e. The van der Waals surface area contributed by atoms with E-state index in [1.807, 2.05) is 61.1 Å². The van der Waals surface area contributed by atoms with Crippen LogP contribution in [0.3, 0.4) is 0 Å². The van der Waals surface area contributed by atoms with E-state index in [0.717, 1.165) is 21.8 Å². The molecule has 10 heteroatoms. The first kappa shape index (κ1) is 30.8. The number of fused-ring (bicyclic) bond motifs is 1. The first-order valence-corrected chi connectivity index (χ1v) is 14.9. The lowest BCUT2D eigenvalue weighted by Gasteiger charge is -2.25. The molecule has 0 unspecified atom stereocenters. The van der Waals surface area contributed by atoms with Crippen LogP contribution in [0.5, 0.6) is 0 Å². The number of imidazole rings is 1. The lowest BCUT2D eigenvalue weighted by atomic mass is 9.97. The molecule has 0 aliphatic heterocycles. The summed E-state index contributed by atoms with van der Waals surface area (Å²) in [6, 6.07) is 14.4. The normalized spacial score (nSPS) is 12.4. The third-order valence-electron chi connectivity index (χ3n) is 6.80. The number of aromatic nitrogens is 2. The number of aryl methyl sites for hydroxylation is 2. The van der Waals surface area contributed by atoms with Crippen LogP contribution in [0, 0.1) is 12.8 Å². The Hall–Kier alpha value is -4.18. The van der Waals surface area contributed by atoms with Crippen molar-refractivity contribution in [2.45, 2.75) is 72.6 Å². The molecule has 4 aromatic rings. The molecule has 0 bridgehead atoms. The van der Waals surface area contributed by atoms with Gasteiger partial charge in [0.05, 0.1) is 28.5 Å². The number of amides is 2. The summed E-state index contributed by atoms with van der Waals surface area (Å²) in [7, 11) is 0. The molecule has 2 aromatic heterocycles. The molecule has 0 spiro atoms. The van der Waals surface area contributed by atoms with Gasteiger partial charge < -0.3 is 25.7 Å². The molecule has 2 aromatic carbocycles. The second-order valence-electron chi connectivity index (χ2n) is 11.7. The highest BCUT2D eigenvalue weighted by molar-refractivity contribution is 7.13.